The second-order valence-electron chi connectivity index (χ2n) is 4.18. The maximum Gasteiger partial charge on any atom is 0.387 e. The number of rotatable bonds is 5. The van der Waals surface area contributed by atoms with Gasteiger partial charge in [0.25, 0.3) is 0 Å². The molecule has 2 nitrogen and oxygen atoms in total. The molecule has 0 heterocycles. The van der Waals surface area contributed by atoms with E-state index in [2.05, 4.69) is 10.1 Å². The van der Waals surface area contributed by atoms with Gasteiger partial charge >= 0.3 is 6.61 Å². The SMILES string of the molecule is CC(Nc1ccccc1)c1cccc(OC(F)F)c1. The quantitative estimate of drug-likeness (QED) is 0.859. The third-order valence-electron chi connectivity index (χ3n) is 2.74. The first-order chi connectivity index (χ1) is 9.15. The van der Waals surface area contributed by atoms with Gasteiger partial charge in [0.1, 0.15) is 5.75 Å². The lowest BCUT2D eigenvalue weighted by molar-refractivity contribution is -0.0498. The van der Waals surface area contributed by atoms with E-state index >= 15 is 0 Å². The summed E-state index contributed by atoms with van der Waals surface area (Å²) in [5.74, 6) is 0.175. The summed E-state index contributed by atoms with van der Waals surface area (Å²) in [4.78, 5) is 0. The van der Waals surface area contributed by atoms with Gasteiger partial charge in [-0.25, -0.2) is 0 Å². The molecule has 0 saturated carbocycles. The summed E-state index contributed by atoms with van der Waals surface area (Å²) in [6, 6.07) is 16.4. The number of para-hydroxylation sites is 1. The Bertz CT molecular complexity index is 517. The fourth-order valence-corrected chi connectivity index (χ4v) is 1.83. The lowest BCUT2D eigenvalue weighted by Gasteiger charge is -2.16. The average molecular weight is 263 g/mol. The van der Waals surface area contributed by atoms with Crippen LogP contribution in [0.3, 0.4) is 0 Å². The van der Waals surface area contributed by atoms with Gasteiger partial charge in [0.05, 0.1) is 0 Å². The Morgan fingerprint density at radius 2 is 1.74 bits per heavy atom. The molecule has 19 heavy (non-hydrogen) atoms. The molecule has 2 rings (SSSR count). The number of alkyl halides is 2. The van der Waals surface area contributed by atoms with Gasteiger partial charge in [0.2, 0.25) is 0 Å². The van der Waals surface area contributed by atoms with Crippen LogP contribution in [0.5, 0.6) is 5.75 Å². The molecular formula is C15H15F2NO. The van der Waals surface area contributed by atoms with E-state index in [0.29, 0.717) is 0 Å². The molecular weight excluding hydrogens is 248 g/mol. The monoisotopic (exact) mass is 263 g/mol. The minimum Gasteiger partial charge on any atom is -0.435 e. The van der Waals surface area contributed by atoms with E-state index in [-0.39, 0.29) is 11.8 Å². The molecule has 4 heteroatoms. The summed E-state index contributed by atoms with van der Waals surface area (Å²) in [5, 5.41) is 3.30. The van der Waals surface area contributed by atoms with E-state index in [1.54, 1.807) is 12.1 Å². The normalized spacial score (nSPS) is 12.2. The largest absolute Gasteiger partial charge is 0.435 e. The molecule has 1 atom stereocenters. The van der Waals surface area contributed by atoms with Crippen molar-refractivity contribution in [3.8, 4) is 5.75 Å². The molecule has 0 radical (unpaired) electrons. The first-order valence-electron chi connectivity index (χ1n) is 6.01. The fourth-order valence-electron chi connectivity index (χ4n) is 1.83. The van der Waals surface area contributed by atoms with Crippen LogP contribution < -0.4 is 10.1 Å². The van der Waals surface area contributed by atoms with Gasteiger partial charge in [-0.1, -0.05) is 30.3 Å². The second-order valence-corrected chi connectivity index (χ2v) is 4.18. The fraction of sp³-hybridized carbons (Fsp3) is 0.200. The first kappa shape index (κ1) is 13.3. The highest BCUT2D eigenvalue weighted by molar-refractivity contribution is 5.45. The van der Waals surface area contributed by atoms with E-state index in [1.807, 2.05) is 43.3 Å². The predicted molar refractivity (Wildman–Crippen MR) is 71.6 cm³/mol. The van der Waals surface area contributed by atoms with Gasteiger partial charge in [-0.3, -0.25) is 0 Å². The van der Waals surface area contributed by atoms with E-state index in [4.69, 9.17) is 0 Å². The van der Waals surface area contributed by atoms with Crippen molar-refractivity contribution in [3.63, 3.8) is 0 Å². The van der Waals surface area contributed by atoms with Crippen molar-refractivity contribution in [1.29, 1.82) is 0 Å². The summed E-state index contributed by atoms with van der Waals surface area (Å²) < 4.78 is 28.7. The standard InChI is InChI=1S/C15H15F2NO/c1-11(18-13-7-3-2-4-8-13)12-6-5-9-14(10-12)19-15(16)17/h2-11,15,18H,1H3. The third-order valence-corrected chi connectivity index (χ3v) is 2.74. The van der Waals surface area contributed by atoms with Crippen molar-refractivity contribution in [2.45, 2.75) is 19.6 Å². The molecule has 0 amide bonds. The molecule has 1 unspecified atom stereocenters. The van der Waals surface area contributed by atoms with Gasteiger partial charge in [0, 0.05) is 11.7 Å². The highest BCUT2D eigenvalue weighted by Gasteiger charge is 2.08. The zero-order valence-electron chi connectivity index (χ0n) is 10.5. The molecule has 0 fully saturated rings. The van der Waals surface area contributed by atoms with Crippen molar-refractivity contribution in [2.24, 2.45) is 0 Å². The minimum atomic E-state index is -2.80. The van der Waals surface area contributed by atoms with Gasteiger partial charge in [-0.15, -0.1) is 0 Å². The Hall–Kier alpha value is -2.10. The van der Waals surface area contributed by atoms with Crippen LogP contribution in [-0.4, -0.2) is 6.61 Å². The predicted octanol–water partition coefficient (Wildman–Crippen LogP) is 4.46. The molecule has 0 spiro atoms. The van der Waals surface area contributed by atoms with Crippen LogP contribution in [0.4, 0.5) is 14.5 Å². The van der Waals surface area contributed by atoms with E-state index in [1.165, 1.54) is 6.07 Å². The molecule has 0 aliphatic rings. The van der Waals surface area contributed by atoms with Gasteiger partial charge in [-0.05, 0) is 36.8 Å². The first-order valence-corrected chi connectivity index (χ1v) is 6.01. The van der Waals surface area contributed by atoms with Gasteiger partial charge in [0.15, 0.2) is 0 Å². The van der Waals surface area contributed by atoms with Crippen LogP contribution in [0.2, 0.25) is 0 Å². The number of hydrogen-bond acceptors (Lipinski definition) is 2. The number of nitrogens with one attached hydrogen (secondary N) is 1. The van der Waals surface area contributed by atoms with Crippen molar-refractivity contribution in [3.05, 3.63) is 60.2 Å². The summed E-state index contributed by atoms with van der Waals surface area (Å²) in [6.45, 7) is -0.832. The Balaban J connectivity index is 2.08. The summed E-state index contributed by atoms with van der Waals surface area (Å²) >= 11 is 0. The molecule has 0 saturated heterocycles. The lowest BCUT2D eigenvalue weighted by Crippen LogP contribution is -2.07. The molecule has 0 bridgehead atoms. The van der Waals surface area contributed by atoms with Crippen molar-refractivity contribution >= 4 is 5.69 Å². The van der Waals surface area contributed by atoms with Crippen molar-refractivity contribution < 1.29 is 13.5 Å². The molecule has 0 aliphatic heterocycles. The lowest BCUT2D eigenvalue weighted by atomic mass is 10.1. The van der Waals surface area contributed by atoms with Crippen LogP contribution in [0.1, 0.15) is 18.5 Å². The van der Waals surface area contributed by atoms with Crippen LogP contribution in [0, 0.1) is 0 Å². The average Bonchev–Trinajstić information content (AvgIpc) is 2.39. The Kier molecular flexibility index (Phi) is 4.34. The van der Waals surface area contributed by atoms with E-state index < -0.39 is 6.61 Å². The van der Waals surface area contributed by atoms with Crippen LogP contribution in [0.25, 0.3) is 0 Å². The third kappa shape index (κ3) is 3.95. The number of benzene rings is 2. The van der Waals surface area contributed by atoms with Crippen molar-refractivity contribution in [1.82, 2.24) is 0 Å². The number of ether oxygens (including phenoxy) is 1. The highest BCUT2D eigenvalue weighted by atomic mass is 19.3. The molecule has 100 valence electrons. The van der Waals surface area contributed by atoms with E-state index in [9.17, 15) is 8.78 Å². The van der Waals surface area contributed by atoms with Gasteiger partial charge in [-0.2, -0.15) is 8.78 Å². The van der Waals surface area contributed by atoms with Crippen LogP contribution in [-0.2, 0) is 0 Å². The number of halogens is 2. The summed E-state index contributed by atoms with van der Waals surface area (Å²) in [5.41, 5.74) is 1.87. The highest BCUT2D eigenvalue weighted by Crippen LogP contribution is 2.23. The number of anilines is 1. The molecule has 2 aromatic carbocycles. The van der Waals surface area contributed by atoms with Crippen LogP contribution >= 0.6 is 0 Å². The van der Waals surface area contributed by atoms with Crippen LogP contribution in [0.15, 0.2) is 54.6 Å². The van der Waals surface area contributed by atoms with Gasteiger partial charge < -0.3 is 10.1 Å². The molecule has 0 aromatic heterocycles. The zero-order valence-corrected chi connectivity index (χ0v) is 10.5. The Morgan fingerprint density at radius 3 is 2.42 bits per heavy atom. The van der Waals surface area contributed by atoms with Crippen molar-refractivity contribution in [2.75, 3.05) is 5.32 Å². The Morgan fingerprint density at radius 1 is 1.00 bits per heavy atom. The number of hydrogen-bond donors (Lipinski definition) is 1. The topological polar surface area (TPSA) is 21.3 Å². The summed E-state index contributed by atoms with van der Waals surface area (Å²) in [7, 11) is 0. The maximum atomic E-state index is 12.2. The zero-order chi connectivity index (χ0) is 13.7. The Labute approximate surface area is 111 Å². The maximum absolute atomic E-state index is 12.2. The molecule has 2 aromatic rings. The smallest absolute Gasteiger partial charge is 0.387 e. The second kappa shape index (κ2) is 6.18. The van der Waals surface area contributed by atoms with E-state index in [0.717, 1.165) is 11.3 Å². The molecule has 0 aliphatic carbocycles. The summed E-state index contributed by atoms with van der Waals surface area (Å²) in [6.07, 6.45) is 0. The minimum absolute atomic E-state index is 0.00335. The molecule has 1 N–H and O–H groups in total.